The number of allylic oxidation sites excluding steroid dienone is 2. The molecule has 0 saturated carbocycles. The minimum Gasteiger partial charge on any atom is -0.374 e. The first-order valence-corrected chi connectivity index (χ1v) is 7.11. The number of hydrogen-bond donors (Lipinski definition) is 0. The molecule has 1 aromatic heterocycles. The van der Waals surface area contributed by atoms with Crippen molar-refractivity contribution in [2.24, 2.45) is 0 Å². The molecule has 1 aromatic rings. The van der Waals surface area contributed by atoms with Gasteiger partial charge in [0.25, 0.3) is 0 Å². The zero-order chi connectivity index (χ0) is 11.9. The van der Waals surface area contributed by atoms with Gasteiger partial charge in [0, 0.05) is 30.8 Å². The van der Waals surface area contributed by atoms with E-state index in [4.69, 9.17) is 0 Å². The summed E-state index contributed by atoms with van der Waals surface area (Å²) in [5.41, 5.74) is 2.54. The summed E-state index contributed by atoms with van der Waals surface area (Å²) in [5.74, 6) is 0. The lowest BCUT2D eigenvalue weighted by Gasteiger charge is -2.22. The Balaban J connectivity index is 1.88. The molecule has 2 nitrogen and oxygen atoms in total. The molecule has 0 unspecified atom stereocenters. The van der Waals surface area contributed by atoms with Gasteiger partial charge in [-0.2, -0.15) is 0 Å². The third-order valence-corrected chi connectivity index (χ3v) is 3.41. The van der Waals surface area contributed by atoms with Crippen LogP contribution in [0.1, 0.15) is 18.4 Å². The van der Waals surface area contributed by atoms with Crippen LogP contribution in [0.4, 0.5) is 0 Å². The van der Waals surface area contributed by atoms with Gasteiger partial charge in [-0.15, -0.1) is 0 Å². The van der Waals surface area contributed by atoms with Crippen molar-refractivity contribution in [2.75, 3.05) is 18.4 Å². The third-order valence-electron chi connectivity index (χ3n) is 2.85. The van der Waals surface area contributed by atoms with Crippen molar-refractivity contribution in [3.05, 3.63) is 48.4 Å². The van der Waals surface area contributed by atoms with Crippen LogP contribution in [-0.4, -0.2) is 28.3 Å². The standard InChI is InChI=1S/C14H17BrN2/c15-7-1-2-10-17-11-5-14(6-12-17)13-3-8-16-9-4-13/h3-6,8-9,11H,1-2,7,10,12H2. The quantitative estimate of drug-likeness (QED) is 0.610. The van der Waals surface area contributed by atoms with E-state index in [0.29, 0.717) is 0 Å². The van der Waals surface area contributed by atoms with Gasteiger partial charge in [-0.3, -0.25) is 4.98 Å². The molecule has 1 aliphatic rings. The third kappa shape index (κ3) is 3.70. The first-order valence-electron chi connectivity index (χ1n) is 5.99. The average Bonchev–Trinajstić information content (AvgIpc) is 2.41. The van der Waals surface area contributed by atoms with Gasteiger partial charge in [-0.1, -0.05) is 22.0 Å². The molecule has 0 saturated heterocycles. The Kier molecular flexibility index (Phi) is 4.80. The van der Waals surface area contributed by atoms with Gasteiger partial charge in [-0.05, 0) is 48.4 Å². The maximum absolute atomic E-state index is 4.04. The molecule has 1 aliphatic heterocycles. The van der Waals surface area contributed by atoms with Crippen LogP contribution in [0.5, 0.6) is 0 Å². The van der Waals surface area contributed by atoms with E-state index in [1.165, 1.54) is 24.0 Å². The highest BCUT2D eigenvalue weighted by atomic mass is 79.9. The van der Waals surface area contributed by atoms with Gasteiger partial charge in [0.2, 0.25) is 0 Å². The van der Waals surface area contributed by atoms with Gasteiger partial charge < -0.3 is 4.90 Å². The van der Waals surface area contributed by atoms with Crippen LogP contribution in [0.25, 0.3) is 5.57 Å². The van der Waals surface area contributed by atoms with Crippen molar-refractivity contribution in [2.45, 2.75) is 12.8 Å². The van der Waals surface area contributed by atoms with Crippen LogP contribution >= 0.6 is 15.9 Å². The molecule has 0 aliphatic carbocycles. The summed E-state index contributed by atoms with van der Waals surface area (Å²) in [6.45, 7) is 2.15. The van der Waals surface area contributed by atoms with Crippen LogP contribution in [0.3, 0.4) is 0 Å². The highest BCUT2D eigenvalue weighted by Crippen LogP contribution is 2.18. The number of alkyl halides is 1. The highest BCUT2D eigenvalue weighted by Gasteiger charge is 2.05. The molecule has 17 heavy (non-hydrogen) atoms. The monoisotopic (exact) mass is 292 g/mol. The molecule has 0 atom stereocenters. The summed E-state index contributed by atoms with van der Waals surface area (Å²) < 4.78 is 0. The van der Waals surface area contributed by atoms with Crippen molar-refractivity contribution < 1.29 is 0 Å². The Hall–Kier alpha value is -1.09. The summed E-state index contributed by atoms with van der Waals surface area (Å²) in [7, 11) is 0. The molecule has 0 radical (unpaired) electrons. The molecule has 0 N–H and O–H groups in total. The molecule has 0 spiro atoms. The molecule has 0 fully saturated rings. The van der Waals surface area contributed by atoms with E-state index in [0.717, 1.165) is 18.4 Å². The van der Waals surface area contributed by atoms with E-state index in [1.807, 2.05) is 12.4 Å². The molecule has 90 valence electrons. The second-order valence-electron chi connectivity index (χ2n) is 4.10. The van der Waals surface area contributed by atoms with E-state index in [-0.39, 0.29) is 0 Å². The fraction of sp³-hybridized carbons (Fsp3) is 0.357. The average molecular weight is 293 g/mol. The zero-order valence-electron chi connectivity index (χ0n) is 9.85. The smallest absolute Gasteiger partial charge is 0.0363 e. The first kappa shape index (κ1) is 12.4. The summed E-state index contributed by atoms with van der Waals surface area (Å²) in [4.78, 5) is 6.39. The van der Waals surface area contributed by atoms with Crippen molar-refractivity contribution in [1.82, 2.24) is 9.88 Å². The molecule has 3 heteroatoms. The molecule has 0 aromatic carbocycles. The summed E-state index contributed by atoms with van der Waals surface area (Å²) in [6.07, 6.45) is 12.8. The lowest BCUT2D eigenvalue weighted by Crippen LogP contribution is -2.21. The van der Waals surface area contributed by atoms with Crippen LogP contribution in [-0.2, 0) is 0 Å². The minimum atomic E-state index is 1.01. The van der Waals surface area contributed by atoms with Crippen molar-refractivity contribution in [1.29, 1.82) is 0 Å². The fourth-order valence-electron chi connectivity index (χ4n) is 1.86. The number of rotatable bonds is 5. The van der Waals surface area contributed by atoms with Gasteiger partial charge in [0.15, 0.2) is 0 Å². The Bertz CT molecular complexity index is 398. The highest BCUT2D eigenvalue weighted by molar-refractivity contribution is 9.09. The minimum absolute atomic E-state index is 1.01. The maximum Gasteiger partial charge on any atom is 0.0363 e. The number of unbranched alkanes of at least 4 members (excludes halogenated alkanes) is 1. The second-order valence-corrected chi connectivity index (χ2v) is 4.90. The van der Waals surface area contributed by atoms with E-state index in [2.05, 4.69) is 56.3 Å². The first-order chi connectivity index (χ1) is 8.40. The SMILES string of the molecule is BrCCCCN1C=CC(c2ccncc2)=CC1. The Morgan fingerprint density at radius 3 is 2.71 bits per heavy atom. The summed E-state index contributed by atoms with van der Waals surface area (Å²) >= 11 is 3.46. The Labute approximate surface area is 111 Å². The van der Waals surface area contributed by atoms with Crippen molar-refractivity contribution in [3.8, 4) is 0 Å². The van der Waals surface area contributed by atoms with Crippen LogP contribution in [0.15, 0.2) is 42.9 Å². The van der Waals surface area contributed by atoms with Crippen LogP contribution in [0, 0.1) is 0 Å². The van der Waals surface area contributed by atoms with E-state index in [1.54, 1.807) is 0 Å². The van der Waals surface area contributed by atoms with Crippen LogP contribution < -0.4 is 0 Å². The number of hydrogen-bond acceptors (Lipinski definition) is 2. The molecule has 0 amide bonds. The predicted octanol–water partition coefficient (Wildman–Crippen LogP) is 3.47. The normalized spacial score (nSPS) is 14.9. The number of halogens is 1. The topological polar surface area (TPSA) is 16.1 Å². The van der Waals surface area contributed by atoms with Crippen molar-refractivity contribution in [3.63, 3.8) is 0 Å². The molecule has 2 heterocycles. The van der Waals surface area contributed by atoms with Gasteiger partial charge >= 0.3 is 0 Å². The van der Waals surface area contributed by atoms with E-state index in [9.17, 15) is 0 Å². The predicted molar refractivity (Wildman–Crippen MR) is 76.0 cm³/mol. The largest absolute Gasteiger partial charge is 0.374 e. The molecule has 0 bridgehead atoms. The summed E-state index contributed by atoms with van der Waals surface area (Å²) in [5, 5.41) is 1.10. The number of aromatic nitrogens is 1. The van der Waals surface area contributed by atoms with Crippen molar-refractivity contribution >= 4 is 21.5 Å². The maximum atomic E-state index is 4.04. The Morgan fingerprint density at radius 2 is 2.06 bits per heavy atom. The fourth-order valence-corrected chi connectivity index (χ4v) is 2.26. The lowest BCUT2D eigenvalue weighted by atomic mass is 10.1. The summed E-state index contributed by atoms with van der Waals surface area (Å²) in [6, 6.07) is 4.10. The zero-order valence-corrected chi connectivity index (χ0v) is 11.4. The van der Waals surface area contributed by atoms with E-state index >= 15 is 0 Å². The number of pyridine rings is 1. The van der Waals surface area contributed by atoms with Crippen LogP contribution in [0.2, 0.25) is 0 Å². The van der Waals surface area contributed by atoms with E-state index < -0.39 is 0 Å². The van der Waals surface area contributed by atoms with Gasteiger partial charge in [0.1, 0.15) is 0 Å². The second kappa shape index (κ2) is 6.60. The number of nitrogens with zero attached hydrogens (tertiary/aromatic N) is 2. The van der Waals surface area contributed by atoms with Gasteiger partial charge in [-0.25, -0.2) is 0 Å². The molecule has 2 rings (SSSR count). The molecular formula is C14H17BrN2. The van der Waals surface area contributed by atoms with Gasteiger partial charge in [0.05, 0.1) is 0 Å². The lowest BCUT2D eigenvalue weighted by molar-refractivity contribution is 0.402. The molecular weight excluding hydrogens is 276 g/mol. The Morgan fingerprint density at radius 1 is 1.24 bits per heavy atom.